The van der Waals surface area contributed by atoms with Crippen LogP contribution in [0, 0.1) is 0 Å². The molecule has 1 aliphatic rings. The summed E-state index contributed by atoms with van der Waals surface area (Å²) in [6.45, 7) is 4.71. The molecule has 0 aromatic heterocycles. The van der Waals surface area contributed by atoms with E-state index in [4.69, 9.17) is 9.47 Å². The van der Waals surface area contributed by atoms with Crippen LogP contribution in [0.1, 0.15) is 86.7 Å². The third-order valence-electron chi connectivity index (χ3n) is 8.32. The van der Waals surface area contributed by atoms with E-state index in [0.717, 1.165) is 41.5 Å². The highest BCUT2D eigenvalue weighted by Gasteiger charge is 2.34. The van der Waals surface area contributed by atoms with E-state index in [-0.39, 0.29) is 36.7 Å². The summed E-state index contributed by atoms with van der Waals surface area (Å²) in [6.07, 6.45) is 1.85. The minimum atomic E-state index is -0.639. The molecule has 242 valence electrons. The van der Waals surface area contributed by atoms with Crippen molar-refractivity contribution in [3.05, 3.63) is 101 Å². The molecule has 9 nitrogen and oxygen atoms in total. The monoisotopic (exact) mass is 617 g/mol. The van der Waals surface area contributed by atoms with Gasteiger partial charge in [0.05, 0.1) is 24.9 Å². The average Bonchev–Trinajstić information content (AvgIpc) is 3.06. The number of nitrogens with zero attached hydrogens (tertiary/aromatic N) is 1. The fraction of sp³-hybridized carbons (Fsp3) is 0.444. The second-order valence-corrected chi connectivity index (χ2v) is 11.8. The van der Waals surface area contributed by atoms with Crippen LogP contribution in [0.25, 0.3) is 0 Å². The summed E-state index contributed by atoms with van der Waals surface area (Å²) < 4.78 is 13.0. The number of nitrogens with one attached hydrogen (secondary N) is 2. The molecular weight excluding hydrogens is 570 g/mol. The molecular formula is C36H47N3O6. The molecule has 45 heavy (non-hydrogen) atoms. The van der Waals surface area contributed by atoms with E-state index >= 15 is 0 Å². The standard InChI is InChI=1S/C36H47N3O6/c1-25(35(43)29-10-6-4-7-11-29)39(3)23-32-22-33(28-15-13-27(24-40)14-16-28)45-36(44-32)30-17-19-31(20-18-30)38-34(42)12-8-5-9-21-37-26(2)41/h4,6-7,10-11,13-20,25,32-33,35-36,40,43H,5,8-9,12,21-24H2,1-3H3,(H,37,41)(H,38,42)/t25-,32+,33-,35-,36-/m1/s1. The number of likely N-dealkylation sites (N-methyl/N-ethyl adjacent to an activating group) is 1. The summed E-state index contributed by atoms with van der Waals surface area (Å²) in [5, 5.41) is 26.2. The van der Waals surface area contributed by atoms with Gasteiger partial charge in [-0.25, -0.2) is 0 Å². The molecule has 1 aliphatic heterocycles. The Morgan fingerprint density at radius 3 is 2.29 bits per heavy atom. The number of unbranched alkanes of at least 4 members (excludes halogenated alkanes) is 2. The minimum absolute atomic E-state index is 0.0198. The molecule has 3 aromatic rings. The van der Waals surface area contributed by atoms with Gasteiger partial charge in [0.25, 0.3) is 0 Å². The Balaban J connectivity index is 1.39. The summed E-state index contributed by atoms with van der Waals surface area (Å²) in [7, 11) is 2.00. The molecule has 4 N–H and O–H groups in total. The molecule has 0 saturated carbocycles. The fourth-order valence-corrected chi connectivity index (χ4v) is 5.49. The highest BCUT2D eigenvalue weighted by atomic mass is 16.7. The first-order valence-corrected chi connectivity index (χ1v) is 15.8. The van der Waals surface area contributed by atoms with Crippen LogP contribution in [0.3, 0.4) is 0 Å². The van der Waals surface area contributed by atoms with E-state index in [1.807, 2.05) is 92.8 Å². The maximum Gasteiger partial charge on any atom is 0.224 e. The van der Waals surface area contributed by atoms with Gasteiger partial charge >= 0.3 is 0 Å². The van der Waals surface area contributed by atoms with Gasteiger partial charge < -0.3 is 30.3 Å². The minimum Gasteiger partial charge on any atom is -0.392 e. The predicted octanol–water partition coefficient (Wildman–Crippen LogP) is 5.41. The zero-order valence-electron chi connectivity index (χ0n) is 26.5. The third-order valence-corrected chi connectivity index (χ3v) is 8.32. The number of anilines is 1. The van der Waals surface area contributed by atoms with Crippen LogP contribution in [0.15, 0.2) is 78.9 Å². The van der Waals surface area contributed by atoms with Gasteiger partial charge in [0.2, 0.25) is 11.8 Å². The van der Waals surface area contributed by atoms with Gasteiger partial charge in [-0.2, -0.15) is 0 Å². The van der Waals surface area contributed by atoms with Crippen LogP contribution in [-0.4, -0.2) is 59.2 Å². The van der Waals surface area contributed by atoms with E-state index in [1.54, 1.807) is 0 Å². The van der Waals surface area contributed by atoms with Gasteiger partial charge in [-0.05, 0) is 55.6 Å². The first-order valence-electron chi connectivity index (χ1n) is 15.8. The van der Waals surface area contributed by atoms with Crippen molar-refractivity contribution in [1.82, 2.24) is 10.2 Å². The highest BCUT2D eigenvalue weighted by Crippen LogP contribution is 2.38. The summed E-state index contributed by atoms with van der Waals surface area (Å²) in [5.41, 5.74) is 4.26. The first-order chi connectivity index (χ1) is 21.7. The van der Waals surface area contributed by atoms with Gasteiger partial charge in [-0.3, -0.25) is 14.5 Å². The molecule has 0 spiro atoms. The second kappa shape index (κ2) is 17.2. The van der Waals surface area contributed by atoms with Crippen molar-refractivity contribution in [2.75, 3.05) is 25.5 Å². The number of carbonyl (C=O) groups is 2. The second-order valence-electron chi connectivity index (χ2n) is 11.8. The van der Waals surface area contributed by atoms with Gasteiger partial charge in [-0.15, -0.1) is 0 Å². The topological polar surface area (TPSA) is 120 Å². The smallest absolute Gasteiger partial charge is 0.224 e. The highest BCUT2D eigenvalue weighted by molar-refractivity contribution is 5.90. The number of aliphatic hydroxyl groups is 2. The summed E-state index contributed by atoms with van der Waals surface area (Å²) in [5.74, 6) is -0.0858. The van der Waals surface area contributed by atoms with Crippen LogP contribution in [0.2, 0.25) is 0 Å². The van der Waals surface area contributed by atoms with Gasteiger partial charge in [0.1, 0.15) is 0 Å². The Morgan fingerprint density at radius 1 is 0.933 bits per heavy atom. The number of rotatable bonds is 15. The van der Waals surface area contributed by atoms with Gasteiger partial charge in [0.15, 0.2) is 6.29 Å². The van der Waals surface area contributed by atoms with Gasteiger partial charge in [0, 0.05) is 50.1 Å². The van der Waals surface area contributed by atoms with Crippen molar-refractivity contribution in [2.45, 2.75) is 83.2 Å². The molecule has 3 aromatic carbocycles. The number of ether oxygens (including phenoxy) is 2. The summed E-state index contributed by atoms with van der Waals surface area (Å²) in [6, 6.07) is 24.8. The molecule has 5 atom stereocenters. The number of carbonyl (C=O) groups excluding carboxylic acids is 2. The quantitative estimate of drug-likeness (QED) is 0.168. The van der Waals surface area contributed by atoms with Crippen molar-refractivity contribution in [2.24, 2.45) is 0 Å². The van der Waals surface area contributed by atoms with Gasteiger partial charge in [-0.1, -0.05) is 73.2 Å². The average molecular weight is 618 g/mol. The van der Waals surface area contributed by atoms with Crippen LogP contribution in [0.5, 0.6) is 0 Å². The van der Waals surface area contributed by atoms with Crippen molar-refractivity contribution >= 4 is 17.5 Å². The molecule has 1 heterocycles. The Hall–Kier alpha value is -3.60. The zero-order chi connectivity index (χ0) is 32.2. The van der Waals surface area contributed by atoms with Crippen molar-refractivity contribution in [3.63, 3.8) is 0 Å². The molecule has 9 heteroatoms. The molecule has 0 unspecified atom stereocenters. The number of amides is 2. The fourth-order valence-electron chi connectivity index (χ4n) is 5.49. The van der Waals surface area contributed by atoms with Crippen LogP contribution >= 0.6 is 0 Å². The number of benzene rings is 3. The SMILES string of the molecule is CC(=O)NCCCCCC(=O)Nc1ccc([C@@H]2O[C@H](CN(C)[C@H](C)[C@@H](O)c3ccccc3)C[C@H](c3ccc(CO)cc3)O2)cc1. The third kappa shape index (κ3) is 10.5. The first kappa shape index (κ1) is 34.3. The lowest BCUT2D eigenvalue weighted by atomic mass is 9.98. The summed E-state index contributed by atoms with van der Waals surface area (Å²) >= 11 is 0. The van der Waals surface area contributed by atoms with E-state index in [1.165, 1.54) is 6.92 Å². The number of hydrogen-bond donors (Lipinski definition) is 4. The Labute approximate surface area is 266 Å². The lowest BCUT2D eigenvalue weighted by Gasteiger charge is -2.39. The largest absolute Gasteiger partial charge is 0.392 e. The molecule has 2 amide bonds. The molecule has 1 fully saturated rings. The Morgan fingerprint density at radius 2 is 1.62 bits per heavy atom. The van der Waals surface area contributed by atoms with Crippen LogP contribution < -0.4 is 10.6 Å². The van der Waals surface area contributed by atoms with Crippen molar-refractivity contribution in [3.8, 4) is 0 Å². The Kier molecular flexibility index (Phi) is 13.1. The molecule has 0 radical (unpaired) electrons. The predicted molar refractivity (Wildman–Crippen MR) is 174 cm³/mol. The lowest BCUT2D eigenvalue weighted by molar-refractivity contribution is -0.253. The lowest BCUT2D eigenvalue weighted by Crippen LogP contribution is -2.43. The van der Waals surface area contributed by atoms with E-state index in [9.17, 15) is 19.8 Å². The molecule has 1 saturated heterocycles. The van der Waals surface area contributed by atoms with Crippen LogP contribution in [0.4, 0.5) is 5.69 Å². The molecule has 4 rings (SSSR count). The van der Waals surface area contributed by atoms with E-state index in [2.05, 4.69) is 15.5 Å². The number of hydrogen-bond acceptors (Lipinski definition) is 7. The molecule has 0 aliphatic carbocycles. The van der Waals surface area contributed by atoms with Crippen LogP contribution in [-0.2, 0) is 25.7 Å². The molecule has 0 bridgehead atoms. The normalized spacial score (nSPS) is 19.6. The van der Waals surface area contributed by atoms with Crippen molar-refractivity contribution < 1.29 is 29.3 Å². The van der Waals surface area contributed by atoms with E-state index < -0.39 is 12.4 Å². The summed E-state index contributed by atoms with van der Waals surface area (Å²) in [4.78, 5) is 25.5. The Bertz CT molecular complexity index is 1340. The van der Waals surface area contributed by atoms with Crippen molar-refractivity contribution in [1.29, 1.82) is 0 Å². The zero-order valence-corrected chi connectivity index (χ0v) is 26.5. The maximum atomic E-state index is 12.5. The maximum absolute atomic E-state index is 12.5. The van der Waals surface area contributed by atoms with E-state index in [0.29, 0.717) is 31.6 Å². The number of aliphatic hydroxyl groups excluding tert-OH is 2.